The number of rotatable bonds is 5. The Balaban J connectivity index is 2.77. The smallest absolute Gasteiger partial charge is 0.253 e. The summed E-state index contributed by atoms with van der Waals surface area (Å²) in [6.07, 6.45) is 2.02. The molecule has 0 unspecified atom stereocenters. The molecule has 16 heavy (non-hydrogen) atoms. The van der Waals surface area contributed by atoms with Crippen molar-refractivity contribution in [3.8, 4) is 0 Å². The monoisotopic (exact) mass is 331 g/mol. The first kappa shape index (κ1) is 13.5. The second-order valence-electron chi connectivity index (χ2n) is 3.80. The normalized spacial score (nSPS) is 10.2. The second-order valence-corrected chi connectivity index (χ2v) is 5.04. The van der Waals surface area contributed by atoms with E-state index in [0.717, 1.165) is 35.1 Å². The molecule has 0 N–H and O–H groups in total. The lowest BCUT2D eigenvalue weighted by Gasteiger charge is -2.21. The van der Waals surface area contributed by atoms with Crippen molar-refractivity contribution in [1.29, 1.82) is 0 Å². The molecule has 0 bridgehead atoms. The summed E-state index contributed by atoms with van der Waals surface area (Å²) in [7, 11) is 0. The molecule has 0 saturated heterocycles. The number of hydrogen-bond acceptors (Lipinski definition) is 1. The molecule has 0 saturated carbocycles. The zero-order valence-corrected chi connectivity index (χ0v) is 12.0. The molecule has 0 atom stereocenters. The van der Waals surface area contributed by atoms with Crippen molar-refractivity contribution < 1.29 is 4.79 Å². The Labute approximate surface area is 111 Å². The van der Waals surface area contributed by atoms with Gasteiger partial charge in [-0.1, -0.05) is 13.8 Å². The van der Waals surface area contributed by atoms with E-state index in [9.17, 15) is 4.79 Å². The number of nitrogens with zero attached hydrogens (tertiary/aromatic N) is 1. The van der Waals surface area contributed by atoms with Gasteiger partial charge in [-0.2, -0.15) is 0 Å². The van der Waals surface area contributed by atoms with Gasteiger partial charge in [0.05, 0.1) is 0 Å². The van der Waals surface area contributed by atoms with E-state index in [0.29, 0.717) is 0 Å². The van der Waals surface area contributed by atoms with Crippen LogP contribution in [0.4, 0.5) is 0 Å². The van der Waals surface area contributed by atoms with Crippen molar-refractivity contribution in [2.45, 2.75) is 26.7 Å². The number of amides is 1. The minimum Gasteiger partial charge on any atom is -0.339 e. The molecule has 0 radical (unpaired) electrons. The van der Waals surface area contributed by atoms with Crippen LogP contribution in [0.5, 0.6) is 0 Å². The van der Waals surface area contributed by atoms with Crippen LogP contribution in [0.25, 0.3) is 0 Å². The number of benzene rings is 1. The van der Waals surface area contributed by atoms with Crippen molar-refractivity contribution in [2.24, 2.45) is 0 Å². The lowest BCUT2D eigenvalue weighted by atomic mass is 10.2. The molecule has 1 rings (SSSR count). The van der Waals surface area contributed by atoms with Gasteiger partial charge in [-0.15, -0.1) is 0 Å². The van der Waals surface area contributed by atoms with Gasteiger partial charge in [-0.3, -0.25) is 4.79 Å². The van der Waals surface area contributed by atoms with Crippen LogP contribution in [0.2, 0.25) is 0 Å². The molecule has 1 amide bonds. The highest BCUT2D eigenvalue weighted by Gasteiger charge is 2.13. The summed E-state index contributed by atoms with van der Waals surface area (Å²) in [4.78, 5) is 14.1. The maximum absolute atomic E-state index is 12.2. The van der Waals surface area contributed by atoms with E-state index >= 15 is 0 Å². The topological polar surface area (TPSA) is 20.3 Å². The summed E-state index contributed by atoms with van der Waals surface area (Å²) < 4.78 is 1.16. The van der Waals surface area contributed by atoms with Crippen molar-refractivity contribution in [2.75, 3.05) is 13.1 Å². The van der Waals surface area contributed by atoms with Crippen LogP contribution in [0.3, 0.4) is 0 Å². The summed E-state index contributed by atoms with van der Waals surface area (Å²) in [6, 6.07) is 7.76. The van der Waals surface area contributed by atoms with Crippen LogP contribution in [-0.4, -0.2) is 23.9 Å². The van der Waals surface area contributed by atoms with E-state index in [2.05, 4.69) is 36.4 Å². The zero-order chi connectivity index (χ0) is 12.0. The van der Waals surface area contributed by atoms with Crippen LogP contribution in [0.1, 0.15) is 37.0 Å². The summed E-state index contributed by atoms with van der Waals surface area (Å²) in [5.41, 5.74) is 0.794. The van der Waals surface area contributed by atoms with Gasteiger partial charge in [0.15, 0.2) is 0 Å². The largest absolute Gasteiger partial charge is 0.339 e. The van der Waals surface area contributed by atoms with Gasteiger partial charge < -0.3 is 4.90 Å². The summed E-state index contributed by atoms with van der Waals surface area (Å²) in [5.74, 6) is 0.153. The standard InChI is InChI=1S/C13H18INO/c1-3-9-15(10-4-2)13(16)11-5-7-12(14)8-6-11/h5-8H,3-4,9-10H2,1-2H3. The van der Waals surface area contributed by atoms with Gasteiger partial charge in [0.25, 0.3) is 5.91 Å². The van der Waals surface area contributed by atoms with Crippen LogP contribution >= 0.6 is 22.6 Å². The van der Waals surface area contributed by atoms with Crippen LogP contribution in [-0.2, 0) is 0 Å². The zero-order valence-electron chi connectivity index (χ0n) is 9.87. The summed E-state index contributed by atoms with van der Waals surface area (Å²) >= 11 is 2.25. The average Bonchev–Trinajstić information content (AvgIpc) is 2.29. The molecular formula is C13H18INO. The molecule has 2 nitrogen and oxygen atoms in total. The highest BCUT2D eigenvalue weighted by atomic mass is 127. The summed E-state index contributed by atoms with van der Waals surface area (Å²) in [6.45, 7) is 5.89. The number of carbonyl (C=O) groups is 1. The van der Waals surface area contributed by atoms with Crippen LogP contribution in [0, 0.1) is 3.57 Å². The minimum absolute atomic E-state index is 0.153. The van der Waals surface area contributed by atoms with Crippen molar-refractivity contribution in [3.05, 3.63) is 33.4 Å². The third kappa shape index (κ3) is 3.77. The molecule has 0 aliphatic heterocycles. The Morgan fingerprint density at radius 1 is 1.12 bits per heavy atom. The molecular weight excluding hydrogens is 313 g/mol. The van der Waals surface area contributed by atoms with Crippen molar-refractivity contribution >= 4 is 28.5 Å². The Morgan fingerprint density at radius 2 is 1.62 bits per heavy atom. The average molecular weight is 331 g/mol. The molecule has 0 aromatic heterocycles. The molecule has 0 fully saturated rings. The van der Waals surface area contributed by atoms with Crippen LogP contribution in [0.15, 0.2) is 24.3 Å². The van der Waals surface area contributed by atoms with E-state index in [1.165, 1.54) is 0 Å². The Hall–Kier alpha value is -0.580. The van der Waals surface area contributed by atoms with E-state index in [4.69, 9.17) is 0 Å². The number of halogens is 1. The third-order valence-electron chi connectivity index (χ3n) is 2.37. The molecule has 0 heterocycles. The van der Waals surface area contributed by atoms with E-state index in [-0.39, 0.29) is 5.91 Å². The maximum atomic E-state index is 12.2. The highest BCUT2D eigenvalue weighted by molar-refractivity contribution is 14.1. The third-order valence-corrected chi connectivity index (χ3v) is 3.08. The molecule has 0 aliphatic rings. The van der Waals surface area contributed by atoms with Gasteiger partial charge in [0, 0.05) is 22.2 Å². The fourth-order valence-corrected chi connectivity index (χ4v) is 1.99. The number of hydrogen-bond donors (Lipinski definition) is 0. The van der Waals surface area contributed by atoms with Crippen molar-refractivity contribution in [1.82, 2.24) is 4.90 Å². The fraction of sp³-hybridized carbons (Fsp3) is 0.462. The number of carbonyl (C=O) groups excluding carboxylic acids is 1. The van der Waals surface area contributed by atoms with E-state index < -0.39 is 0 Å². The first-order chi connectivity index (χ1) is 7.69. The lowest BCUT2D eigenvalue weighted by molar-refractivity contribution is 0.0755. The second kappa shape index (κ2) is 6.89. The Morgan fingerprint density at radius 3 is 2.06 bits per heavy atom. The predicted molar refractivity (Wildman–Crippen MR) is 75.6 cm³/mol. The lowest BCUT2D eigenvalue weighted by Crippen LogP contribution is -2.32. The summed E-state index contributed by atoms with van der Waals surface area (Å²) in [5, 5.41) is 0. The first-order valence-electron chi connectivity index (χ1n) is 5.73. The Bertz CT molecular complexity index is 328. The predicted octanol–water partition coefficient (Wildman–Crippen LogP) is 3.55. The van der Waals surface area contributed by atoms with Gasteiger partial charge in [0.1, 0.15) is 0 Å². The Kier molecular flexibility index (Phi) is 5.80. The van der Waals surface area contributed by atoms with Crippen LogP contribution < -0.4 is 0 Å². The van der Waals surface area contributed by atoms with E-state index in [1.807, 2.05) is 29.2 Å². The van der Waals surface area contributed by atoms with E-state index in [1.54, 1.807) is 0 Å². The fourth-order valence-electron chi connectivity index (χ4n) is 1.63. The molecule has 3 heteroatoms. The quantitative estimate of drug-likeness (QED) is 0.756. The van der Waals surface area contributed by atoms with Gasteiger partial charge in [-0.05, 0) is 59.7 Å². The van der Waals surface area contributed by atoms with Crippen molar-refractivity contribution in [3.63, 3.8) is 0 Å². The SMILES string of the molecule is CCCN(CCC)C(=O)c1ccc(I)cc1. The van der Waals surface area contributed by atoms with Gasteiger partial charge in [-0.25, -0.2) is 0 Å². The van der Waals surface area contributed by atoms with Gasteiger partial charge in [0.2, 0.25) is 0 Å². The maximum Gasteiger partial charge on any atom is 0.253 e. The minimum atomic E-state index is 0.153. The molecule has 1 aromatic carbocycles. The molecule has 1 aromatic rings. The first-order valence-corrected chi connectivity index (χ1v) is 6.81. The molecule has 0 aliphatic carbocycles. The molecule has 0 spiro atoms. The van der Waals surface area contributed by atoms with Gasteiger partial charge >= 0.3 is 0 Å². The molecule has 88 valence electrons. The highest BCUT2D eigenvalue weighted by Crippen LogP contribution is 2.10.